The first-order chi connectivity index (χ1) is 12.1. The minimum atomic E-state index is -3.84. The van der Waals surface area contributed by atoms with Crippen molar-refractivity contribution >= 4 is 27.4 Å². The van der Waals surface area contributed by atoms with E-state index in [1.807, 2.05) is 0 Å². The van der Waals surface area contributed by atoms with Crippen molar-refractivity contribution in [2.75, 3.05) is 38.4 Å². The van der Waals surface area contributed by atoms with E-state index < -0.39 is 49.6 Å². The zero-order valence-corrected chi connectivity index (χ0v) is 14.7. The van der Waals surface area contributed by atoms with Gasteiger partial charge in [0.2, 0.25) is 0 Å². The summed E-state index contributed by atoms with van der Waals surface area (Å²) < 4.78 is 55.8. The van der Waals surface area contributed by atoms with Crippen LogP contribution in [0.4, 0.5) is 14.5 Å². The lowest BCUT2D eigenvalue weighted by Crippen LogP contribution is -2.31. The lowest BCUT2D eigenvalue weighted by Gasteiger charge is -2.15. The van der Waals surface area contributed by atoms with Crippen LogP contribution < -0.4 is 5.32 Å². The number of carbonyl (C=O) groups excluding carboxylic acids is 2. The van der Waals surface area contributed by atoms with Crippen LogP contribution >= 0.6 is 0 Å². The maximum Gasteiger partial charge on any atom is 0.337 e. The molecule has 1 amide bonds. The molecule has 1 aliphatic heterocycles. The summed E-state index contributed by atoms with van der Waals surface area (Å²) in [5.74, 6) is -4.15. The van der Waals surface area contributed by atoms with E-state index in [4.69, 9.17) is 5.11 Å². The second-order valence-corrected chi connectivity index (χ2v) is 7.47. The fraction of sp³-hybridized carbons (Fsp3) is 0.333. The van der Waals surface area contributed by atoms with Crippen LogP contribution in [0.1, 0.15) is 0 Å². The van der Waals surface area contributed by atoms with Gasteiger partial charge in [0.25, 0.3) is 5.91 Å². The van der Waals surface area contributed by atoms with Crippen LogP contribution in [0.5, 0.6) is 0 Å². The van der Waals surface area contributed by atoms with Crippen LogP contribution in [0.3, 0.4) is 0 Å². The lowest BCUT2D eigenvalue weighted by molar-refractivity contribution is -0.136. The second-order valence-electron chi connectivity index (χ2n) is 5.45. The normalized spacial score (nSPS) is 14.8. The van der Waals surface area contributed by atoms with Crippen molar-refractivity contribution in [2.24, 2.45) is 0 Å². The van der Waals surface area contributed by atoms with Gasteiger partial charge in [-0.2, -0.15) is 0 Å². The Labute approximate surface area is 148 Å². The molecule has 1 aliphatic rings. The molecule has 1 aromatic carbocycles. The molecule has 8 nitrogen and oxygen atoms in total. The number of halogens is 2. The minimum absolute atomic E-state index is 0.0948. The number of carbonyl (C=O) groups is 2. The number of methoxy groups -OCH3 is 1. The summed E-state index contributed by atoms with van der Waals surface area (Å²) in [7, 11) is -2.77. The molecule has 0 aliphatic carbocycles. The summed E-state index contributed by atoms with van der Waals surface area (Å²) in [4.78, 5) is 24.7. The lowest BCUT2D eigenvalue weighted by atomic mass is 10.2. The van der Waals surface area contributed by atoms with Crippen molar-refractivity contribution in [1.82, 2.24) is 4.90 Å². The quantitative estimate of drug-likeness (QED) is 0.660. The molecule has 26 heavy (non-hydrogen) atoms. The molecule has 0 radical (unpaired) electrons. The Hall–Kier alpha value is -2.53. The van der Waals surface area contributed by atoms with Gasteiger partial charge in [-0.1, -0.05) is 0 Å². The van der Waals surface area contributed by atoms with Crippen molar-refractivity contribution in [3.63, 3.8) is 0 Å². The number of hydrogen-bond donors (Lipinski definition) is 2. The Morgan fingerprint density at radius 2 is 1.92 bits per heavy atom. The molecule has 0 saturated carbocycles. The zero-order valence-electron chi connectivity index (χ0n) is 13.9. The number of ether oxygens (including phenoxy) is 1. The second kappa shape index (κ2) is 7.38. The molecule has 1 aromatic rings. The van der Waals surface area contributed by atoms with Crippen molar-refractivity contribution in [3.8, 4) is 0 Å². The predicted molar refractivity (Wildman–Crippen MR) is 85.8 cm³/mol. The summed E-state index contributed by atoms with van der Waals surface area (Å²) >= 11 is 0. The smallest absolute Gasteiger partial charge is 0.337 e. The molecule has 0 aromatic heterocycles. The van der Waals surface area contributed by atoms with Gasteiger partial charge in [0, 0.05) is 12.8 Å². The van der Waals surface area contributed by atoms with Crippen LogP contribution in [0, 0.1) is 11.6 Å². The van der Waals surface area contributed by atoms with Gasteiger partial charge in [0.05, 0.1) is 30.7 Å². The topological polar surface area (TPSA) is 113 Å². The van der Waals surface area contributed by atoms with Gasteiger partial charge in [0.15, 0.2) is 21.5 Å². The molecule has 142 valence electrons. The van der Waals surface area contributed by atoms with Crippen molar-refractivity contribution in [3.05, 3.63) is 35.0 Å². The maximum atomic E-state index is 14.2. The summed E-state index contributed by atoms with van der Waals surface area (Å²) in [6.45, 7) is -0.680. The van der Waals surface area contributed by atoms with Crippen LogP contribution in [0.25, 0.3) is 0 Å². The molecule has 1 heterocycles. The van der Waals surface area contributed by atoms with Crippen molar-refractivity contribution < 1.29 is 36.6 Å². The van der Waals surface area contributed by atoms with E-state index in [1.54, 1.807) is 0 Å². The third-order valence-corrected chi connectivity index (χ3v) is 4.74. The number of nitrogens with zero attached hydrogens (tertiary/aromatic N) is 1. The van der Waals surface area contributed by atoms with E-state index in [9.17, 15) is 26.8 Å². The molecule has 0 bridgehead atoms. The molecule has 0 spiro atoms. The molecule has 0 fully saturated rings. The minimum Gasteiger partial charge on any atom is -0.466 e. The molecular formula is C15H16F2N2O6S. The average molecular weight is 390 g/mol. The fourth-order valence-corrected chi connectivity index (χ4v) is 2.99. The van der Waals surface area contributed by atoms with Gasteiger partial charge in [-0.05, 0) is 12.1 Å². The Morgan fingerprint density at radius 3 is 2.38 bits per heavy atom. The molecule has 2 rings (SSSR count). The van der Waals surface area contributed by atoms with Gasteiger partial charge in [0.1, 0.15) is 11.4 Å². The largest absolute Gasteiger partial charge is 0.466 e. The first-order valence-electron chi connectivity index (χ1n) is 7.27. The highest BCUT2D eigenvalue weighted by molar-refractivity contribution is 7.90. The first-order valence-corrected chi connectivity index (χ1v) is 9.17. The Balaban J connectivity index is 2.47. The number of hydrogen-bond acceptors (Lipinski definition) is 7. The van der Waals surface area contributed by atoms with Crippen LogP contribution in [-0.4, -0.2) is 63.4 Å². The highest BCUT2D eigenvalue weighted by atomic mass is 32.2. The first kappa shape index (κ1) is 19.8. The third kappa shape index (κ3) is 3.83. The van der Waals surface area contributed by atoms with E-state index >= 15 is 0 Å². The van der Waals surface area contributed by atoms with Gasteiger partial charge in [-0.15, -0.1) is 0 Å². The number of aliphatic hydroxyl groups excluding tert-OH is 1. The highest BCUT2D eigenvalue weighted by Crippen LogP contribution is 2.28. The standard InChI is InChI=1S/C15H16F2N2O6S/c1-25-15(22)9-7-19(3-4-20)14(21)12(9)18-13-10(16)5-8(6-11(13)17)26(2,23)24/h5-6,18,20H,3-4,7H2,1-2H3. The van der Waals surface area contributed by atoms with Gasteiger partial charge in [-0.25, -0.2) is 22.0 Å². The number of benzene rings is 1. The maximum absolute atomic E-state index is 14.2. The van der Waals surface area contributed by atoms with Crippen LogP contribution in [0.2, 0.25) is 0 Å². The number of amides is 1. The Kier molecular flexibility index (Phi) is 5.62. The Morgan fingerprint density at radius 1 is 1.35 bits per heavy atom. The number of esters is 1. The summed E-state index contributed by atoms with van der Waals surface area (Å²) in [5.41, 5.74) is -1.36. The highest BCUT2D eigenvalue weighted by Gasteiger charge is 2.35. The van der Waals surface area contributed by atoms with Gasteiger partial charge < -0.3 is 20.1 Å². The molecule has 0 atom stereocenters. The third-order valence-electron chi connectivity index (χ3n) is 3.65. The number of β-amino-alcohol motifs (C(OH)–C–C–N with tert-alkyl or cyclic N) is 1. The Bertz CT molecular complexity index is 874. The van der Waals surface area contributed by atoms with Crippen molar-refractivity contribution in [1.29, 1.82) is 0 Å². The van der Waals surface area contributed by atoms with Crippen molar-refractivity contribution in [2.45, 2.75) is 4.90 Å². The van der Waals surface area contributed by atoms with Crippen LogP contribution in [-0.2, 0) is 24.2 Å². The molecule has 2 N–H and O–H groups in total. The number of sulfone groups is 1. The number of aliphatic hydroxyl groups is 1. The average Bonchev–Trinajstić information content (AvgIpc) is 2.86. The van der Waals surface area contributed by atoms with E-state index in [-0.39, 0.29) is 25.3 Å². The summed E-state index contributed by atoms with van der Waals surface area (Å²) in [6, 6.07) is 1.20. The molecule has 11 heteroatoms. The number of nitrogens with one attached hydrogen (secondary N) is 1. The van der Waals surface area contributed by atoms with Gasteiger partial charge >= 0.3 is 5.97 Å². The van der Waals surface area contributed by atoms with E-state index in [2.05, 4.69) is 10.1 Å². The predicted octanol–water partition coefficient (Wildman–Crippen LogP) is 0.0418. The van der Waals surface area contributed by atoms with Crippen LogP contribution in [0.15, 0.2) is 28.3 Å². The van der Waals surface area contributed by atoms with E-state index in [0.717, 1.165) is 18.3 Å². The number of anilines is 1. The zero-order chi connectivity index (χ0) is 19.6. The fourth-order valence-electron chi connectivity index (χ4n) is 2.36. The molecule has 0 saturated heterocycles. The van der Waals surface area contributed by atoms with E-state index in [0.29, 0.717) is 12.1 Å². The van der Waals surface area contributed by atoms with E-state index in [1.165, 1.54) is 0 Å². The molecule has 0 unspecified atom stereocenters. The monoisotopic (exact) mass is 390 g/mol. The van der Waals surface area contributed by atoms with Gasteiger partial charge in [-0.3, -0.25) is 4.79 Å². The summed E-state index contributed by atoms with van der Waals surface area (Å²) in [6.07, 6.45) is 0.791. The SMILES string of the molecule is COC(=O)C1=C(Nc2c(F)cc(S(C)(=O)=O)cc2F)C(=O)N(CCO)C1. The summed E-state index contributed by atoms with van der Waals surface area (Å²) in [5, 5.41) is 11.2. The number of rotatable bonds is 6. The molecular weight excluding hydrogens is 374 g/mol.